The van der Waals surface area contributed by atoms with Crippen LogP contribution in [0.15, 0.2) is 53.3 Å². The number of nitrogens with one attached hydrogen (secondary N) is 1. The lowest BCUT2D eigenvalue weighted by Gasteiger charge is -2.06. The van der Waals surface area contributed by atoms with Gasteiger partial charge in [0.15, 0.2) is 5.82 Å². The molecule has 7 nitrogen and oxygen atoms in total. The Morgan fingerprint density at radius 3 is 2.48 bits per heavy atom. The number of methoxy groups -OCH3 is 1. The van der Waals surface area contributed by atoms with Crippen molar-refractivity contribution in [1.29, 1.82) is 0 Å². The van der Waals surface area contributed by atoms with Crippen molar-refractivity contribution in [3.63, 3.8) is 0 Å². The van der Waals surface area contributed by atoms with Gasteiger partial charge in [-0.15, -0.1) is 5.10 Å². The molecule has 1 aliphatic carbocycles. The van der Waals surface area contributed by atoms with E-state index in [1.807, 2.05) is 0 Å². The molecule has 1 aromatic heterocycles. The quantitative estimate of drug-likeness (QED) is 0.666. The molecule has 1 saturated carbocycles. The summed E-state index contributed by atoms with van der Waals surface area (Å²) < 4.78 is 21.3. The summed E-state index contributed by atoms with van der Waals surface area (Å²) in [6.07, 6.45) is 1.85. The lowest BCUT2D eigenvalue weighted by atomic mass is 10.2. The van der Waals surface area contributed by atoms with E-state index in [1.165, 1.54) is 16.8 Å². The van der Waals surface area contributed by atoms with Crippen molar-refractivity contribution in [2.24, 2.45) is 0 Å². The third-order valence-corrected chi connectivity index (χ3v) is 4.85. The predicted octanol–water partition coefficient (Wildman–Crippen LogP) is 2.62. The maximum absolute atomic E-state index is 13.2. The second kappa shape index (κ2) is 7.90. The Bertz CT molecular complexity index is 1070. The Morgan fingerprint density at radius 1 is 1.17 bits per heavy atom. The molecule has 0 spiro atoms. The molecule has 0 atom stereocenters. The SMILES string of the molecule is COc1ccc(C(=O)NCCn2nc(-c3ccc(F)cc3)n(C3CC3)c2=O)cc1. The number of aromatic nitrogens is 3. The Morgan fingerprint density at radius 2 is 1.86 bits per heavy atom. The van der Waals surface area contributed by atoms with Crippen molar-refractivity contribution in [3.05, 3.63) is 70.4 Å². The highest BCUT2D eigenvalue weighted by atomic mass is 19.1. The van der Waals surface area contributed by atoms with Crippen LogP contribution in [0.1, 0.15) is 29.2 Å². The van der Waals surface area contributed by atoms with Crippen molar-refractivity contribution in [2.75, 3.05) is 13.7 Å². The van der Waals surface area contributed by atoms with Crippen LogP contribution in [0.25, 0.3) is 11.4 Å². The Hall–Kier alpha value is -3.42. The molecule has 1 aliphatic rings. The van der Waals surface area contributed by atoms with E-state index in [-0.39, 0.29) is 36.5 Å². The highest BCUT2D eigenvalue weighted by Gasteiger charge is 2.30. The molecule has 2 aromatic carbocycles. The maximum atomic E-state index is 13.2. The smallest absolute Gasteiger partial charge is 0.346 e. The van der Waals surface area contributed by atoms with Gasteiger partial charge in [0.05, 0.1) is 13.7 Å². The summed E-state index contributed by atoms with van der Waals surface area (Å²) in [5.41, 5.74) is 0.982. The van der Waals surface area contributed by atoms with Gasteiger partial charge in [-0.05, 0) is 61.4 Å². The number of benzene rings is 2. The summed E-state index contributed by atoms with van der Waals surface area (Å²) in [6.45, 7) is 0.504. The molecule has 1 fully saturated rings. The Kier molecular flexibility index (Phi) is 5.16. The van der Waals surface area contributed by atoms with Crippen LogP contribution in [0.2, 0.25) is 0 Å². The highest BCUT2D eigenvalue weighted by Crippen LogP contribution is 2.36. The first-order valence-electron chi connectivity index (χ1n) is 9.44. The summed E-state index contributed by atoms with van der Waals surface area (Å²) in [4.78, 5) is 25.1. The molecular formula is C21H21FN4O3. The van der Waals surface area contributed by atoms with E-state index in [9.17, 15) is 14.0 Å². The van der Waals surface area contributed by atoms with E-state index in [0.717, 1.165) is 12.8 Å². The average molecular weight is 396 g/mol. The number of carbonyl (C=O) groups excluding carboxylic acids is 1. The zero-order chi connectivity index (χ0) is 20.4. The molecule has 4 rings (SSSR count). The van der Waals surface area contributed by atoms with Crippen LogP contribution in [-0.4, -0.2) is 33.9 Å². The van der Waals surface area contributed by atoms with Gasteiger partial charge in [-0.3, -0.25) is 9.36 Å². The molecule has 150 valence electrons. The highest BCUT2D eigenvalue weighted by molar-refractivity contribution is 5.94. The van der Waals surface area contributed by atoms with E-state index < -0.39 is 0 Å². The number of rotatable bonds is 7. The first kappa shape index (κ1) is 18.9. The van der Waals surface area contributed by atoms with Crippen LogP contribution >= 0.6 is 0 Å². The summed E-state index contributed by atoms with van der Waals surface area (Å²) in [5, 5.41) is 7.23. The van der Waals surface area contributed by atoms with E-state index in [1.54, 1.807) is 48.1 Å². The number of hydrogen-bond donors (Lipinski definition) is 1. The monoisotopic (exact) mass is 396 g/mol. The first-order chi connectivity index (χ1) is 14.1. The number of carbonyl (C=O) groups is 1. The number of ether oxygens (including phenoxy) is 1. The summed E-state index contributed by atoms with van der Waals surface area (Å²) in [5.74, 6) is 0.627. The van der Waals surface area contributed by atoms with Crippen molar-refractivity contribution >= 4 is 5.91 Å². The Labute approximate surface area is 166 Å². The van der Waals surface area contributed by atoms with Crippen molar-refractivity contribution in [2.45, 2.75) is 25.4 Å². The molecule has 0 bridgehead atoms. The minimum absolute atomic E-state index is 0.130. The van der Waals surface area contributed by atoms with E-state index in [2.05, 4.69) is 10.4 Å². The van der Waals surface area contributed by atoms with Gasteiger partial charge >= 0.3 is 5.69 Å². The Balaban J connectivity index is 1.47. The van der Waals surface area contributed by atoms with Crippen LogP contribution < -0.4 is 15.7 Å². The topological polar surface area (TPSA) is 78.2 Å². The summed E-state index contributed by atoms with van der Waals surface area (Å²) >= 11 is 0. The minimum atomic E-state index is -0.338. The number of halogens is 1. The van der Waals surface area contributed by atoms with Gasteiger partial charge in [0, 0.05) is 23.7 Å². The third kappa shape index (κ3) is 4.06. The molecule has 1 N–H and O–H groups in total. The van der Waals surface area contributed by atoms with Gasteiger partial charge in [0.1, 0.15) is 11.6 Å². The normalized spacial score (nSPS) is 13.3. The standard InChI is InChI=1S/C21H21FN4O3/c1-29-18-10-4-15(5-11-18)20(27)23-12-13-25-21(28)26(17-8-9-17)19(24-25)14-2-6-16(22)7-3-14/h2-7,10-11,17H,8-9,12-13H2,1H3,(H,23,27). The summed E-state index contributed by atoms with van der Waals surface area (Å²) in [6, 6.07) is 12.8. The predicted molar refractivity (Wildman–Crippen MR) is 105 cm³/mol. The third-order valence-electron chi connectivity index (χ3n) is 4.85. The van der Waals surface area contributed by atoms with Crippen LogP contribution in [-0.2, 0) is 6.54 Å². The number of amides is 1. The van der Waals surface area contributed by atoms with Gasteiger partial charge in [-0.1, -0.05) is 0 Å². The molecule has 3 aromatic rings. The minimum Gasteiger partial charge on any atom is -0.497 e. The second-order valence-corrected chi connectivity index (χ2v) is 6.92. The molecule has 0 aliphatic heterocycles. The fourth-order valence-electron chi connectivity index (χ4n) is 3.14. The second-order valence-electron chi connectivity index (χ2n) is 6.92. The molecule has 0 radical (unpaired) electrons. The van der Waals surface area contributed by atoms with Crippen LogP contribution in [0.5, 0.6) is 5.75 Å². The van der Waals surface area contributed by atoms with Crippen LogP contribution in [0.3, 0.4) is 0 Å². The molecule has 0 saturated heterocycles. The van der Waals surface area contributed by atoms with E-state index in [0.29, 0.717) is 22.7 Å². The molecule has 29 heavy (non-hydrogen) atoms. The van der Waals surface area contributed by atoms with Gasteiger partial charge < -0.3 is 10.1 Å². The zero-order valence-corrected chi connectivity index (χ0v) is 16.0. The fourth-order valence-corrected chi connectivity index (χ4v) is 3.14. The molecule has 0 unspecified atom stereocenters. The lowest BCUT2D eigenvalue weighted by Crippen LogP contribution is -2.32. The first-order valence-corrected chi connectivity index (χ1v) is 9.44. The van der Waals surface area contributed by atoms with Crippen molar-refractivity contribution in [3.8, 4) is 17.1 Å². The van der Waals surface area contributed by atoms with E-state index in [4.69, 9.17) is 4.74 Å². The summed E-state index contributed by atoms with van der Waals surface area (Å²) in [7, 11) is 1.56. The van der Waals surface area contributed by atoms with Crippen molar-refractivity contribution in [1.82, 2.24) is 19.7 Å². The number of hydrogen-bond acceptors (Lipinski definition) is 4. The van der Waals surface area contributed by atoms with Crippen LogP contribution in [0, 0.1) is 5.82 Å². The average Bonchev–Trinajstić information content (AvgIpc) is 3.52. The molecule has 8 heteroatoms. The maximum Gasteiger partial charge on any atom is 0.346 e. The van der Waals surface area contributed by atoms with Gasteiger partial charge in [-0.25, -0.2) is 13.9 Å². The lowest BCUT2D eigenvalue weighted by molar-refractivity contribution is 0.0951. The molecular weight excluding hydrogens is 375 g/mol. The molecule has 1 heterocycles. The van der Waals surface area contributed by atoms with Crippen LogP contribution in [0.4, 0.5) is 4.39 Å². The fraction of sp³-hybridized carbons (Fsp3) is 0.286. The number of nitrogens with zero attached hydrogens (tertiary/aromatic N) is 3. The van der Waals surface area contributed by atoms with E-state index >= 15 is 0 Å². The largest absolute Gasteiger partial charge is 0.497 e. The molecule has 1 amide bonds. The van der Waals surface area contributed by atoms with Gasteiger partial charge in [0.2, 0.25) is 0 Å². The zero-order valence-electron chi connectivity index (χ0n) is 16.0. The van der Waals surface area contributed by atoms with Gasteiger partial charge in [0.25, 0.3) is 5.91 Å². The van der Waals surface area contributed by atoms with Gasteiger partial charge in [-0.2, -0.15) is 0 Å². The van der Waals surface area contributed by atoms with Crippen molar-refractivity contribution < 1.29 is 13.9 Å².